The average Bonchev–Trinajstić information content (AvgIpc) is 2.30. The van der Waals surface area contributed by atoms with Gasteiger partial charge in [-0.2, -0.15) is 4.39 Å². The van der Waals surface area contributed by atoms with E-state index in [4.69, 9.17) is 5.11 Å². The van der Waals surface area contributed by atoms with E-state index in [1.807, 2.05) is 0 Å². The molecule has 0 spiro atoms. The van der Waals surface area contributed by atoms with Crippen LogP contribution in [0.5, 0.6) is 0 Å². The molecule has 18 heavy (non-hydrogen) atoms. The highest BCUT2D eigenvalue weighted by atomic mass is 19.1. The Bertz CT molecular complexity index is 478. The first-order valence-corrected chi connectivity index (χ1v) is 5.19. The summed E-state index contributed by atoms with van der Waals surface area (Å²) in [5.74, 6) is -1.96. The van der Waals surface area contributed by atoms with Crippen molar-refractivity contribution >= 4 is 11.7 Å². The van der Waals surface area contributed by atoms with E-state index in [9.17, 15) is 19.3 Å². The van der Waals surface area contributed by atoms with E-state index in [2.05, 4.69) is 0 Å². The van der Waals surface area contributed by atoms with Gasteiger partial charge in [0.2, 0.25) is 5.82 Å². The molecular formula is C11H13FN2O4. The number of benzene rings is 1. The molecule has 1 aromatic carbocycles. The van der Waals surface area contributed by atoms with Gasteiger partial charge in [0.05, 0.1) is 4.92 Å². The molecular weight excluding hydrogens is 243 g/mol. The van der Waals surface area contributed by atoms with Gasteiger partial charge >= 0.3 is 11.7 Å². The van der Waals surface area contributed by atoms with Crippen molar-refractivity contribution in [1.82, 2.24) is 4.90 Å². The number of nitrogens with zero attached hydrogens (tertiary/aromatic N) is 2. The van der Waals surface area contributed by atoms with E-state index < -0.39 is 28.4 Å². The molecule has 1 unspecified atom stereocenters. The van der Waals surface area contributed by atoms with E-state index >= 15 is 0 Å². The summed E-state index contributed by atoms with van der Waals surface area (Å²) >= 11 is 0. The summed E-state index contributed by atoms with van der Waals surface area (Å²) < 4.78 is 13.7. The van der Waals surface area contributed by atoms with Crippen LogP contribution >= 0.6 is 0 Å². The summed E-state index contributed by atoms with van der Waals surface area (Å²) in [6.45, 7) is 1.44. The van der Waals surface area contributed by atoms with Crippen LogP contribution in [0, 0.1) is 15.9 Å². The van der Waals surface area contributed by atoms with Crippen LogP contribution in [0.25, 0.3) is 0 Å². The quantitative estimate of drug-likeness (QED) is 0.639. The van der Waals surface area contributed by atoms with Crippen LogP contribution in [0.15, 0.2) is 18.2 Å². The highest BCUT2D eigenvalue weighted by Crippen LogP contribution is 2.21. The van der Waals surface area contributed by atoms with Crippen molar-refractivity contribution in [2.24, 2.45) is 0 Å². The van der Waals surface area contributed by atoms with Gasteiger partial charge in [0.15, 0.2) is 0 Å². The number of nitro groups is 1. The van der Waals surface area contributed by atoms with Gasteiger partial charge in [-0.25, -0.2) is 0 Å². The Morgan fingerprint density at radius 3 is 2.72 bits per heavy atom. The monoisotopic (exact) mass is 256 g/mol. The van der Waals surface area contributed by atoms with Gasteiger partial charge in [-0.1, -0.05) is 12.1 Å². The van der Waals surface area contributed by atoms with Crippen LogP contribution in [0.4, 0.5) is 10.1 Å². The minimum atomic E-state index is -1.04. The van der Waals surface area contributed by atoms with Crippen molar-refractivity contribution in [2.75, 3.05) is 7.05 Å². The van der Waals surface area contributed by atoms with E-state index in [1.165, 1.54) is 31.0 Å². The molecule has 0 heterocycles. The fourth-order valence-corrected chi connectivity index (χ4v) is 1.42. The Morgan fingerprint density at radius 2 is 2.22 bits per heavy atom. The highest BCUT2D eigenvalue weighted by Gasteiger charge is 2.21. The van der Waals surface area contributed by atoms with E-state index in [1.54, 1.807) is 0 Å². The van der Waals surface area contributed by atoms with E-state index in [0.717, 1.165) is 6.07 Å². The molecule has 98 valence electrons. The zero-order valence-corrected chi connectivity index (χ0v) is 9.96. The minimum absolute atomic E-state index is 0.0129. The van der Waals surface area contributed by atoms with Gasteiger partial charge in [-0.15, -0.1) is 0 Å². The van der Waals surface area contributed by atoms with Crippen molar-refractivity contribution in [3.05, 3.63) is 39.7 Å². The van der Waals surface area contributed by atoms with Gasteiger partial charge < -0.3 is 5.11 Å². The SMILES string of the molecule is CC(C(=O)O)N(C)Cc1cccc([N+](=O)[O-])c1F. The van der Waals surface area contributed by atoms with Crippen LogP contribution in [0.1, 0.15) is 12.5 Å². The Morgan fingerprint density at radius 1 is 1.61 bits per heavy atom. The summed E-state index contributed by atoms with van der Waals surface area (Å²) in [6, 6.07) is 3.03. The van der Waals surface area contributed by atoms with Gasteiger partial charge in [0.1, 0.15) is 6.04 Å². The second kappa shape index (κ2) is 5.54. The third-order valence-electron chi connectivity index (χ3n) is 2.69. The molecule has 0 aliphatic heterocycles. The molecule has 0 radical (unpaired) electrons. The lowest BCUT2D eigenvalue weighted by Crippen LogP contribution is -2.35. The number of carboxylic acid groups (broad SMARTS) is 1. The maximum absolute atomic E-state index is 13.7. The average molecular weight is 256 g/mol. The standard InChI is InChI=1S/C11H13FN2O4/c1-7(11(15)16)13(2)6-8-4-3-5-9(10(8)12)14(17)18/h3-5,7H,6H2,1-2H3,(H,15,16). The third-order valence-corrected chi connectivity index (χ3v) is 2.69. The van der Waals surface area contributed by atoms with Crippen molar-refractivity contribution in [2.45, 2.75) is 19.5 Å². The molecule has 0 amide bonds. The first kappa shape index (κ1) is 14.0. The molecule has 0 aliphatic rings. The van der Waals surface area contributed by atoms with E-state index in [0.29, 0.717) is 0 Å². The molecule has 0 bridgehead atoms. The normalized spacial score (nSPS) is 12.4. The maximum atomic E-state index is 13.7. The molecule has 1 rings (SSSR count). The van der Waals surface area contributed by atoms with Gasteiger partial charge in [0, 0.05) is 18.2 Å². The largest absolute Gasteiger partial charge is 0.480 e. The van der Waals surface area contributed by atoms with Crippen LogP contribution < -0.4 is 0 Å². The Kier molecular flexibility index (Phi) is 4.33. The second-order valence-corrected chi connectivity index (χ2v) is 3.94. The molecule has 0 fully saturated rings. The van der Waals surface area contributed by atoms with Crippen molar-refractivity contribution < 1.29 is 19.2 Å². The predicted octanol–water partition coefficient (Wildman–Crippen LogP) is 1.64. The first-order valence-electron chi connectivity index (χ1n) is 5.19. The van der Waals surface area contributed by atoms with E-state index in [-0.39, 0.29) is 12.1 Å². The number of nitro benzene ring substituents is 1. The maximum Gasteiger partial charge on any atom is 0.320 e. The van der Waals surface area contributed by atoms with Gasteiger partial charge in [0.25, 0.3) is 0 Å². The number of likely N-dealkylation sites (N-methyl/N-ethyl adjacent to an activating group) is 1. The van der Waals surface area contributed by atoms with Crippen LogP contribution in [0.3, 0.4) is 0 Å². The zero-order valence-electron chi connectivity index (χ0n) is 9.96. The molecule has 1 N–H and O–H groups in total. The lowest BCUT2D eigenvalue weighted by Gasteiger charge is -2.21. The zero-order chi connectivity index (χ0) is 13.9. The van der Waals surface area contributed by atoms with Crippen molar-refractivity contribution in [3.8, 4) is 0 Å². The lowest BCUT2D eigenvalue weighted by molar-refractivity contribution is -0.387. The number of halogens is 1. The fourth-order valence-electron chi connectivity index (χ4n) is 1.42. The van der Waals surface area contributed by atoms with Crippen LogP contribution in [-0.2, 0) is 11.3 Å². The number of carbonyl (C=O) groups is 1. The molecule has 0 aromatic heterocycles. The smallest absolute Gasteiger partial charge is 0.320 e. The minimum Gasteiger partial charge on any atom is -0.480 e. The third kappa shape index (κ3) is 3.01. The van der Waals surface area contributed by atoms with Gasteiger partial charge in [-0.05, 0) is 14.0 Å². The molecule has 7 heteroatoms. The molecule has 0 saturated carbocycles. The molecule has 0 aliphatic carbocycles. The number of hydrogen-bond acceptors (Lipinski definition) is 4. The number of carboxylic acids is 1. The van der Waals surface area contributed by atoms with Crippen LogP contribution in [0.2, 0.25) is 0 Å². The highest BCUT2D eigenvalue weighted by molar-refractivity contribution is 5.72. The molecule has 6 nitrogen and oxygen atoms in total. The van der Waals surface area contributed by atoms with Gasteiger partial charge in [-0.3, -0.25) is 19.8 Å². The summed E-state index contributed by atoms with van der Waals surface area (Å²) in [5.41, 5.74) is -0.510. The number of rotatable bonds is 5. The first-order chi connectivity index (χ1) is 8.34. The fraction of sp³-hybridized carbons (Fsp3) is 0.364. The second-order valence-electron chi connectivity index (χ2n) is 3.94. The molecule has 1 atom stereocenters. The van der Waals surface area contributed by atoms with Crippen molar-refractivity contribution in [3.63, 3.8) is 0 Å². The molecule has 1 aromatic rings. The predicted molar refractivity (Wildman–Crippen MR) is 61.6 cm³/mol. The Hall–Kier alpha value is -2.02. The number of hydrogen-bond donors (Lipinski definition) is 1. The molecule has 0 saturated heterocycles. The Balaban J connectivity index is 2.95. The Labute approximate surface area is 103 Å². The summed E-state index contributed by atoms with van der Waals surface area (Å²) in [5, 5.41) is 19.4. The topological polar surface area (TPSA) is 83.7 Å². The summed E-state index contributed by atoms with van der Waals surface area (Å²) in [4.78, 5) is 21.9. The summed E-state index contributed by atoms with van der Waals surface area (Å²) in [7, 11) is 1.51. The summed E-state index contributed by atoms with van der Waals surface area (Å²) in [6.07, 6.45) is 0. The number of aliphatic carboxylic acids is 1. The van der Waals surface area contributed by atoms with Crippen LogP contribution in [-0.4, -0.2) is 34.0 Å². The lowest BCUT2D eigenvalue weighted by atomic mass is 10.1. The van der Waals surface area contributed by atoms with Crippen molar-refractivity contribution in [1.29, 1.82) is 0 Å².